The quantitative estimate of drug-likeness (QED) is 0.729. The van der Waals surface area contributed by atoms with Gasteiger partial charge in [0.15, 0.2) is 0 Å². The molecule has 0 saturated heterocycles. The maximum absolute atomic E-state index is 11.7. The van der Waals surface area contributed by atoms with Crippen molar-refractivity contribution in [2.45, 2.75) is 12.8 Å². The number of esters is 1. The van der Waals surface area contributed by atoms with Crippen LogP contribution in [0.3, 0.4) is 0 Å². The largest absolute Gasteiger partial charge is 0.462 e. The molecule has 0 radical (unpaired) electrons. The lowest BCUT2D eigenvalue weighted by Gasteiger charge is -2.04. The van der Waals surface area contributed by atoms with Crippen molar-refractivity contribution in [1.29, 1.82) is 0 Å². The van der Waals surface area contributed by atoms with E-state index in [1.165, 1.54) is 0 Å². The minimum atomic E-state index is -4.43. The highest BCUT2D eigenvalue weighted by atomic mass is 19.4. The maximum Gasteiger partial charge on any atom is 0.411 e. The van der Waals surface area contributed by atoms with Crippen LogP contribution in [0, 0.1) is 0 Å². The van der Waals surface area contributed by atoms with Crippen LogP contribution in [0.15, 0.2) is 4.42 Å². The molecule has 0 N–H and O–H groups in total. The molecule has 1 aromatic rings. The molecule has 0 aliphatic heterocycles. The van der Waals surface area contributed by atoms with E-state index in [1.807, 2.05) is 0 Å². The average Bonchev–Trinajstić information content (AvgIpc) is 2.63. The van der Waals surface area contributed by atoms with Crippen LogP contribution in [0.25, 0.3) is 0 Å². The summed E-state index contributed by atoms with van der Waals surface area (Å²) in [6.07, 6.45) is -4.43. The summed E-state index contributed by atoms with van der Waals surface area (Å²) in [5.41, 5.74) is 0. The zero-order valence-corrected chi connectivity index (χ0v) is 8.08. The predicted octanol–water partition coefficient (Wildman–Crippen LogP) is 0.935. The Balaban J connectivity index is 2.44. The summed E-state index contributed by atoms with van der Waals surface area (Å²) in [6.45, 7) is -1.95. The molecular weight excluding hydrogens is 233 g/mol. The summed E-state index contributed by atoms with van der Waals surface area (Å²) in [5.74, 6) is -1.53. The minimum absolute atomic E-state index is 0.232. The topological polar surface area (TPSA) is 74.5 Å². The third-order valence-electron chi connectivity index (χ3n) is 1.32. The number of hydrogen-bond donors (Lipinski definition) is 0. The van der Waals surface area contributed by atoms with Crippen molar-refractivity contribution in [3.8, 4) is 0 Å². The van der Waals surface area contributed by atoms with Gasteiger partial charge in [0.05, 0.1) is 7.11 Å². The Morgan fingerprint density at radius 2 is 2.12 bits per heavy atom. The Kier molecular flexibility index (Phi) is 3.82. The van der Waals surface area contributed by atoms with E-state index in [4.69, 9.17) is 0 Å². The van der Waals surface area contributed by atoms with Crippen LogP contribution in [0.1, 0.15) is 16.6 Å². The van der Waals surface area contributed by atoms with Crippen LogP contribution in [-0.2, 0) is 16.1 Å². The van der Waals surface area contributed by atoms with Crippen LogP contribution >= 0.6 is 0 Å². The van der Waals surface area contributed by atoms with Gasteiger partial charge >= 0.3 is 18.0 Å². The van der Waals surface area contributed by atoms with Crippen molar-refractivity contribution >= 4 is 5.97 Å². The standard InChI is InChI=1S/C7H7F3N2O4/c1-14-6(13)5-12-11-4(16-5)2-15-3-7(8,9)10/h2-3H2,1H3. The predicted molar refractivity (Wildman–Crippen MR) is 41.3 cm³/mol. The fourth-order valence-electron chi connectivity index (χ4n) is 0.736. The van der Waals surface area contributed by atoms with Gasteiger partial charge in [0, 0.05) is 0 Å². The first-order valence-electron chi connectivity index (χ1n) is 3.97. The first-order chi connectivity index (χ1) is 7.42. The second-order valence-corrected chi connectivity index (χ2v) is 2.60. The molecular formula is C7H7F3N2O4. The third kappa shape index (κ3) is 3.85. The van der Waals surface area contributed by atoms with Crippen LogP contribution < -0.4 is 0 Å². The Morgan fingerprint density at radius 1 is 1.44 bits per heavy atom. The number of aromatic nitrogens is 2. The summed E-state index contributed by atoms with van der Waals surface area (Å²) in [4.78, 5) is 10.8. The van der Waals surface area contributed by atoms with E-state index < -0.39 is 31.3 Å². The zero-order valence-electron chi connectivity index (χ0n) is 8.08. The highest BCUT2D eigenvalue weighted by molar-refractivity contribution is 5.83. The monoisotopic (exact) mass is 240 g/mol. The molecule has 0 unspecified atom stereocenters. The molecule has 0 bridgehead atoms. The Labute approximate surface area is 87.3 Å². The summed E-state index contributed by atoms with van der Waals surface area (Å²) >= 11 is 0. The molecule has 0 fully saturated rings. The van der Waals surface area contributed by atoms with Crippen LogP contribution in [-0.4, -0.2) is 36.1 Å². The van der Waals surface area contributed by atoms with E-state index in [-0.39, 0.29) is 5.89 Å². The molecule has 0 aliphatic rings. The van der Waals surface area contributed by atoms with Crippen LogP contribution in [0.2, 0.25) is 0 Å². The highest BCUT2D eigenvalue weighted by Gasteiger charge is 2.27. The molecule has 0 aliphatic carbocycles. The number of ether oxygens (including phenoxy) is 2. The lowest BCUT2D eigenvalue weighted by Crippen LogP contribution is -2.16. The van der Waals surface area contributed by atoms with E-state index in [0.29, 0.717) is 0 Å². The number of alkyl halides is 3. The average molecular weight is 240 g/mol. The second kappa shape index (κ2) is 4.92. The van der Waals surface area contributed by atoms with Crippen LogP contribution in [0.5, 0.6) is 0 Å². The Hall–Kier alpha value is -1.64. The molecule has 0 amide bonds. The molecule has 16 heavy (non-hydrogen) atoms. The van der Waals surface area contributed by atoms with Crippen molar-refractivity contribution in [3.63, 3.8) is 0 Å². The first kappa shape index (κ1) is 12.4. The van der Waals surface area contributed by atoms with Crippen molar-refractivity contribution < 1.29 is 31.9 Å². The maximum atomic E-state index is 11.7. The Morgan fingerprint density at radius 3 is 2.69 bits per heavy atom. The molecule has 1 rings (SSSR count). The summed E-state index contributed by atoms with van der Waals surface area (Å²) in [7, 11) is 1.10. The van der Waals surface area contributed by atoms with Gasteiger partial charge < -0.3 is 13.9 Å². The van der Waals surface area contributed by atoms with Gasteiger partial charge in [0.25, 0.3) is 0 Å². The summed E-state index contributed by atoms with van der Waals surface area (Å²) < 4.78 is 48.2. The molecule has 0 spiro atoms. The summed E-state index contributed by atoms with van der Waals surface area (Å²) in [6, 6.07) is 0. The van der Waals surface area contributed by atoms with Gasteiger partial charge in [-0.1, -0.05) is 0 Å². The number of methoxy groups -OCH3 is 1. The van der Waals surface area contributed by atoms with E-state index in [1.54, 1.807) is 0 Å². The Bertz CT molecular complexity index is 363. The lowest BCUT2D eigenvalue weighted by atomic mass is 10.6. The molecule has 0 aromatic carbocycles. The molecule has 90 valence electrons. The van der Waals surface area contributed by atoms with Gasteiger partial charge in [0.1, 0.15) is 13.2 Å². The molecule has 0 atom stereocenters. The van der Waals surface area contributed by atoms with Gasteiger partial charge in [-0.05, 0) is 0 Å². The van der Waals surface area contributed by atoms with E-state index in [0.717, 1.165) is 7.11 Å². The summed E-state index contributed by atoms with van der Waals surface area (Å²) in [5, 5.41) is 6.54. The second-order valence-electron chi connectivity index (χ2n) is 2.60. The third-order valence-corrected chi connectivity index (χ3v) is 1.32. The smallest absolute Gasteiger partial charge is 0.411 e. The number of rotatable bonds is 4. The number of carbonyl (C=O) groups excluding carboxylic acids is 1. The minimum Gasteiger partial charge on any atom is -0.462 e. The van der Waals surface area contributed by atoms with E-state index in [9.17, 15) is 18.0 Å². The fraction of sp³-hybridized carbons (Fsp3) is 0.571. The van der Waals surface area contributed by atoms with E-state index >= 15 is 0 Å². The van der Waals surface area contributed by atoms with Gasteiger partial charge in [-0.25, -0.2) is 4.79 Å². The van der Waals surface area contributed by atoms with E-state index in [2.05, 4.69) is 24.1 Å². The van der Waals surface area contributed by atoms with Crippen molar-refractivity contribution in [3.05, 3.63) is 11.8 Å². The number of nitrogens with zero attached hydrogens (tertiary/aromatic N) is 2. The number of halogens is 3. The first-order valence-corrected chi connectivity index (χ1v) is 3.97. The van der Waals surface area contributed by atoms with Crippen molar-refractivity contribution in [1.82, 2.24) is 10.2 Å². The lowest BCUT2D eigenvalue weighted by molar-refractivity contribution is -0.177. The number of hydrogen-bond acceptors (Lipinski definition) is 6. The molecule has 1 heterocycles. The van der Waals surface area contributed by atoms with Gasteiger partial charge in [-0.3, -0.25) is 0 Å². The van der Waals surface area contributed by atoms with Gasteiger partial charge in [-0.15, -0.1) is 10.2 Å². The van der Waals surface area contributed by atoms with Crippen LogP contribution in [0.4, 0.5) is 13.2 Å². The SMILES string of the molecule is COC(=O)c1nnc(COCC(F)(F)F)o1. The molecule has 6 nitrogen and oxygen atoms in total. The molecule has 0 saturated carbocycles. The normalized spacial score (nSPS) is 11.5. The van der Waals surface area contributed by atoms with Crippen molar-refractivity contribution in [2.75, 3.05) is 13.7 Å². The highest BCUT2D eigenvalue weighted by Crippen LogP contribution is 2.15. The molecule has 1 aromatic heterocycles. The number of carbonyl (C=O) groups is 1. The van der Waals surface area contributed by atoms with Crippen molar-refractivity contribution in [2.24, 2.45) is 0 Å². The van der Waals surface area contributed by atoms with Gasteiger partial charge in [0.2, 0.25) is 5.89 Å². The fourth-order valence-corrected chi connectivity index (χ4v) is 0.736. The van der Waals surface area contributed by atoms with Gasteiger partial charge in [-0.2, -0.15) is 13.2 Å². The molecule has 9 heteroatoms. The zero-order chi connectivity index (χ0) is 12.2.